The molecule has 1 saturated heterocycles. The Balaban J connectivity index is 1.52. The lowest BCUT2D eigenvalue weighted by Crippen LogP contribution is -2.41. The van der Waals surface area contributed by atoms with E-state index < -0.39 is 0 Å². The van der Waals surface area contributed by atoms with Crippen molar-refractivity contribution in [2.24, 2.45) is 0 Å². The van der Waals surface area contributed by atoms with Gasteiger partial charge in [-0.25, -0.2) is 0 Å². The molecule has 1 spiro atoms. The summed E-state index contributed by atoms with van der Waals surface area (Å²) in [7, 11) is -0.318. The van der Waals surface area contributed by atoms with Crippen LogP contribution >= 0.6 is 0 Å². The summed E-state index contributed by atoms with van der Waals surface area (Å²) >= 11 is 0. The summed E-state index contributed by atoms with van der Waals surface area (Å²) in [6.07, 6.45) is 5.01. The highest BCUT2D eigenvalue weighted by atomic mass is 16.7. The van der Waals surface area contributed by atoms with Gasteiger partial charge in [0.2, 0.25) is 0 Å². The van der Waals surface area contributed by atoms with Crippen LogP contribution in [0.25, 0.3) is 22.3 Å². The number of benzene rings is 3. The van der Waals surface area contributed by atoms with Crippen molar-refractivity contribution in [2.75, 3.05) is 0 Å². The predicted octanol–water partition coefficient (Wildman–Crippen LogP) is 6.49. The molecular formula is C29H31BO2. The van der Waals surface area contributed by atoms with Crippen molar-refractivity contribution >= 4 is 12.6 Å². The molecule has 0 unspecified atom stereocenters. The predicted molar refractivity (Wildman–Crippen MR) is 132 cm³/mol. The maximum absolute atomic E-state index is 6.41. The lowest BCUT2D eigenvalue weighted by molar-refractivity contribution is 0.00578. The van der Waals surface area contributed by atoms with Gasteiger partial charge in [-0.1, -0.05) is 79.6 Å². The summed E-state index contributed by atoms with van der Waals surface area (Å²) < 4.78 is 12.8. The van der Waals surface area contributed by atoms with Gasteiger partial charge in [-0.3, -0.25) is 0 Å². The van der Waals surface area contributed by atoms with Crippen molar-refractivity contribution in [1.29, 1.82) is 0 Å². The molecule has 2 fully saturated rings. The van der Waals surface area contributed by atoms with E-state index in [4.69, 9.17) is 9.31 Å². The minimum atomic E-state index is -0.328. The zero-order chi connectivity index (χ0) is 22.1. The lowest BCUT2D eigenvalue weighted by atomic mass is 9.72. The van der Waals surface area contributed by atoms with E-state index in [-0.39, 0.29) is 23.7 Å². The minimum Gasteiger partial charge on any atom is -0.399 e. The third-order valence-corrected chi connectivity index (χ3v) is 8.48. The van der Waals surface area contributed by atoms with Crippen LogP contribution in [0.4, 0.5) is 0 Å². The molecule has 162 valence electrons. The van der Waals surface area contributed by atoms with Gasteiger partial charge in [-0.05, 0) is 79.4 Å². The number of rotatable bonds is 2. The van der Waals surface area contributed by atoms with Gasteiger partial charge in [0.15, 0.2) is 0 Å². The monoisotopic (exact) mass is 422 g/mol. The molecule has 1 aliphatic heterocycles. The van der Waals surface area contributed by atoms with Gasteiger partial charge in [0.25, 0.3) is 0 Å². The van der Waals surface area contributed by atoms with Gasteiger partial charge in [0.05, 0.1) is 11.2 Å². The Hall–Kier alpha value is -2.36. The minimum absolute atomic E-state index is 0.120. The highest BCUT2D eigenvalue weighted by Crippen LogP contribution is 2.58. The van der Waals surface area contributed by atoms with E-state index in [1.165, 1.54) is 59.1 Å². The van der Waals surface area contributed by atoms with Gasteiger partial charge in [-0.15, -0.1) is 0 Å². The second-order valence-corrected chi connectivity index (χ2v) is 10.8. The molecule has 32 heavy (non-hydrogen) atoms. The second kappa shape index (κ2) is 6.82. The summed E-state index contributed by atoms with van der Waals surface area (Å²) in [5, 5.41) is 0. The molecule has 3 aromatic carbocycles. The smallest absolute Gasteiger partial charge is 0.399 e. The fraction of sp³-hybridized carbons (Fsp3) is 0.379. The standard InChI is InChI=1S/C29H31BO2/c1-27(2)28(3,4)32-30(31-27)21-15-16-23-25(19-21)29(17-8-9-18-29)24-14-10-13-22(26(23)24)20-11-6-5-7-12-20/h5-7,10-16,19H,8-9,17-18H2,1-4H3. The molecule has 3 aliphatic rings. The summed E-state index contributed by atoms with van der Waals surface area (Å²) in [6.45, 7) is 8.50. The first-order valence-electron chi connectivity index (χ1n) is 12.0. The zero-order valence-electron chi connectivity index (χ0n) is 19.6. The van der Waals surface area contributed by atoms with E-state index in [0.717, 1.165) is 5.46 Å². The van der Waals surface area contributed by atoms with Gasteiger partial charge in [0, 0.05) is 5.41 Å². The largest absolute Gasteiger partial charge is 0.494 e. The maximum atomic E-state index is 6.41. The van der Waals surface area contributed by atoms with Crippen LogP contribution in [-0.2, 0) is 14.7 Å². The average molecular weight is 422 g/mol. The van der Waals surface area contributed by atoms with Gasteiger partial charge in [0.1, 0.15) is 0 Å². The van der Waals surface area contributed by atoms with E-state index >= 15 is 0 Å². The van der Waals surface area contributed by atoms with Gasteiger partial charge >= 0.3 is 7.12 Å². The van der Waals surface area contributed by atoms with Crippen molar-refractivity contribution in [3.05, 3.63) is 77.9 Å². The number of fused-ring (bicyclic) bond motifs is 5. The molecule has 0 N–H and O–H groups in total. The fourth-order valence-electron chi connectivity index (χ4n) is 6.06. The van der Waals surface area contributed by atoms with Crippen LogP contribution in [0.1, 0.15) is 64.5 Å². The first-order chi connectivity index (χ1) is 15.3. The number of hydrogen-bond donors (Lipinski definition) is 0. The van der Waals surface area contributed by atoms with Crippen molar-refractivity contribution in [3.63, 3.8) is 0 Å². The molecule has 0 amide bonds. The molecule has 0 atom stereocenters. The maximum Gasteiger partial charge on any atom is 0.494 e. The molecule has 3 aromatic rings. The van der Waals surface area contributed by atoms with Crippen molar-refractivity contribution in [1.82, 2.24) is 0 Å². The molecule has 0 aromatic heterocycles. The Morgan fingerprint density at radius 1 is 0.688 bits per heavy atom. The van der Waals surface area contributed by atoms with Crippen molar-refractivity contribution in [3.8, 4) is 22.3 Å². The molecule has 2 aliphatic carbocycles. The first kappa shape index (κ1) is 20.3. The molecular weight excluding hydrogens is 391 g/mol. The van der Waals surface area contributed by atoms with Crippen LogP contribution < -0.4 is 5.46 Å². The van der Waals surface area contributed by atoms with Crippen LogP contribution in [0.5, 0.6) is 0 Å². The molecule has 3 heteroatoms. The van der Waals surface area contributed by atoms with Crippen molar-refractivity contribution in [2.45, 2.75) is 70.0 Å². The van der Waals surface area contributed by atoms with Crippen LogP contribution in [0.2, 0.25) is 0 Å². The second-order valence-electron chi connectivity index (χ2n) is 10.8. The summed E-state index contributed by atoms with van der Waals surface area (Å²) in [6, 6.07) is 24.7. The van der Waals surface area contributed by atoms with Crippen LogP contribution in [0.3, 0.4) is 0 Å². The SMILES string of the molecule is CC1(C)OB(c2ccc3c(c2)C2(CCCC2)c2cccc(-c4ccccc4)c2-3)OC1(C)C. The van der Waals surface area contributed by atoms with E-state index in [2.05, 4.69) is 94.4 Å². The van der Waals surface area contributed by atoms with Gasteiger partial charge in [-0.2, -0.15) is 0 Å². The molecule has 0 bridgehead atoms. The van der Waals surface area contributed by atoms with Crippen LogP contribution in [0, 0.1) is 0 Å². The third-order valence-electron chi connectivity index (χ3n) is 8.48. The summed E-state index contributed by atoms with van der Waals surface area (Å²) in [5.74, 6) is 0. The summed E-state index contributed by atoms with van der Waals surface area (Å²) in [4.78, 5) is 0. The Kier molecular flexibility index (Phi) is 4.32. The average Bonchev–Trinajstić information content (AvgIpc) is 3.44. The normalized spacial score (nSPS) is 21.7. The Bertz CT molecular complexity index is 1170. The summed E-state index contributed by atoms with van der Waals surface area (Å²) in [5.41, 5.74) is 9.04. The third kappa shape index (κ3) is 2.74. The van der Waals surface area contributed by atoms with E-state index in [0.29, 0.717) is 0 Å². The molecule has 6 rings (SSSR count). The number of hydrogen-bond acceptors (Lipinski definition) is 2. The Morgan fingerprint density at radius 3 is 2.06 bits per heavy atom. The molecule has 1 saturated carbocycles. The fourth-order valence-corrected chi connectivity index (χ4v) is 6.06. The zero-order valence-corrected chi connectivity index (χ0v) is 19.6. The van der Waals surface area contributed by atoms with E-state index in [9.17, 15) is 0 Å². The van der Waals surface area contributed by atoms with Crippen molar-refractivity contribution < 1.29 is 9.31 Å². The lowest BCUT2D eigenvalue weighted by Gasteiger charge is -2.32. The van der Waals surface area contributed by atoms with Crippen LogP contribution in [0.15, 0.2) is 66.7 Å². The van der Waals surface area contributed by atoms with Gasteiger partial charge < -0.3 is 9.31 Å². The van der Waals surface area contributed by atoms with Crippen LogP contribution in [-0.4, -0.2) is 18.3 Å². The molecule has 2 nitrogen and oxygen atoms in total. The Labute approximate surface area is 192 Å². The quantitative estimate of drug-likeness (QED) is 0.440. The Morgan fingerprint density at radius 2 is 1.38 bits per heavy atom. The molecule has 1 heterocycles. The molecule has 0 radical (unpaired) electrons. The topological polar surface area (TPSA) is 18.5 Å². The highest BCUT2D eigenvalue weighted by molar-refractivity contribution is 6.62. The first-order valence-corrected chi connectivity index (χ1v) is 12.0. The highest BCUT2D eigenvalue weighted by Gasteiger charge is 2.53. The van der Waals surface area contributed by atoms with E-state index in [1.54, 1.807) is 0 Å². The van der Waals surface area contributed by atoms with E-state index in [1.807, 2.05) is 0 Å².